The van der Waals surface area contributed by atoms with E-state index in [-0.39, 0.29) is 0 Å². The zero-order chi connectivity index (χ0) is 25.1. The van der Waals surface area contributed by atoms with Crippen LogP contribution in [-0.2, 0) is 0 Å². The van der Waals surface area contributed by atoms with Crippen molar-refractivity contribution >= 4 is 43.7 Å². The van der Waals surface area contributed by atoms with Gasteiger partial charge in [0.25, 0.3) is 0 Å². The zero-order valence-electron chi connectivity index (χ0n) is 20.6. The first-order chi connectivity index (χ1) is 18.8. The Balaban J connectivity index is 1.41. The first-order valence-corrected chi connectivity index (χ1v) is 12.9. The van der Waals surface area contributed by atoms with Crippen LogP contribution >= 0.6 is 0 Å². The summed E-state index contributed by atoms with van der Waals surface area (Å²) < 4.78 is 8.62. The molecule has 2 aromatic heterocycles. The average Bonchev–Trinajstić information content (AvgIpc) is 3.52. The molecule has 0 saturated heterocycles. The molecule has 0 atom stereocenters. The molecule has 0 aliphatic heterocycles. The van der Waals surface area contributed by atoms with Gasteiger partial charge < -0.3 is 8.98 Å². The van der Waals surface area contributed by atoms with Gasteiger partial charge in [-0.2, -0.15) is 0 Å². The molecule has 0 N–H and O–H groups in total. The van der Waals surface area contributed by atoms with E-state index in [2.05, 4.69) is 132 Å². The molecule has 0 amide bonds. The van der Waals surface area contributed by atoms with E-state index in [0.29, 0.717) is 0 Å². The van der Waals surface area contributed by atoms with Crippen molar-refractivity contribution in [2.24, 2.45) is 0 Å². The molecular weight excluding hydrogens is 462 g/mol. The maximum absolute atomic E-state index is 6.26. The van der Waals surface area contributed by atoms with E-state index in [0.717, 1.165) is 27.6 Å². The number of hydrogen-bond acceptors (Lipinski definition) is 1. The monoisotopic (exact) mass is 485 g/mol. The Kier molecular flexibility index (Phi) is 4.55. The van der Waals surface area contributed by atoms with Crippen LogP contribution < -0.4 is 0 Å². The molecule has 8 aromatic rings. The highest BCUT2D eigenvalue weighted by atomic mass is 16.3. The molecule has 6 aromatic carbocycles. The Morgan fingerprint density at radius 2 is 0.921 bits per heavy atom. The lowest BCUT2D eigenvalue weighted by atomic mass is 10.0. The van der Waals surface area contributed by atoms with Gasteiger partial charge in [-0.05, 0) is 64.7 Å². The third-order valence-electron chi connectivity index (χ3n) is 7.60. The molecule has 0 bridgehead atoms. The molecule has 0 saturated carbocycles. The maximum atomic E-state index is 6.26. The van der Waals surface area contributed by atoms with Crippen molar-refractivity contribution < 1.29 is 4.42 Å². The summed E-state index contributed by atoms with van der Waals surface area (Å²) in [6, 6.07) is 49.6. The van der Waals surface area contributed by atoms with Gasteiger partial charge >= 0.3 is 0 Å². The van der Waals surface area contributed by atoms with Crippen molar-refractivity contribution in [3.63, 3.8) is 0 Å². The van der Waals surface area contributed by atoms with Crippen LogP contribution in [0.4, 0.5) is 0 Å². The number of fused-ring (bicyclic) bond motifs is 6. The van der Waals surface area contributed by atoms with Gasteiger partial charge in [-0.15, -0.1) is 0 Å². The fraction of sp³-hybridized carbons (Fsp3) is 0. The molecule has 0 aliphatic carbocycles. The number of benzene rings is 6. The van der Waals surface area contributed by atoms with Gasteiger partial charge in [-0.1, -0.05) is 91.0 Å². The largest absolute Gasteiger partial charge is 0.456 e. The molecule has 2 heterocycles. The predicted molar refractivity (Wildman–Crippen MR) is 159 cm³/mol. The summed E-state index contributed by atoms with van der Waals surface area (Å²) in [5.74, 6) is 0. The van der Waals surface area contributed by atoms with Crippen LogP contribution in [0.3, 0.4) is 0 Å². The molecular formula is C36H23NO. The third-order valence-corrected chi connectivity index (χ3v) is 7.60. The van der Waals surface area contributed by atoms with Gasteiger partial charge in [0.1, 0.15) is 11.2 Å². The Morgan fingerprint density at radius 3 is 1.55 bits per heavy atom. The second kappa shape index (κ2) is 8.22. The van der Waals surface area contributed by atoms with Crippen molar-refractivity contribution in [2.75, 3.05) is 0 Å². The highest BCUT2D eigenvalue weighted by Gasteiger charge is 2.16. The van der Waals surface area contributed by atoms with Crippen LogP contribution in [0, 0.1) is 0 Å². The molecule has 38 heavy (non-hydrogen) atoms. The Bertz CT molecular complexity index is 2020. The lowest BCUT2D eigenvalue weighted by Crippen LogP contribution is -1.93. The summed E-state index contributed by atoms with van der Waals surface area (Å²) in [4.78, 5) is 0. The minimum Gasteiger partial charge on any atom is -0.456 e. The third kappa shape index (κ3) is 3.21. The average molecular weight is 486 g/mol. The van der Waals surface area contributed by atoms with Gasteiger partial charge in [0, 0.05) is 33.3 Å². The number of nitrogens with zero attached hydrogens (tertiary/aromatic N) is 1. The normalized spacial score (nSPS) is 11.7. The molecule has 8 rings (SSSR count). The SMILES string of the molecule is c1ccc(-c2ccc3c(c2)c2cc(-c4ccccc4)ccc2n3-c2ccc3c(c2)oc2ccccc23)cc1. The van der Waals surface area contributed by atoms with E-state index < -0.39 is 0 Å². The van der Waals surface area contributed by atoms with Gasteiger partial charge in [0.2, 0.25) is 0 Å². The van der Waals surface area contributed by atoms with E-state index in [1.165, 1.54) is 44.1 Å². The van der Waals surface area contributed by atoms with E-state index in [9.17, 15) is 0 Å². The topological polar surface area (TPSA) is 18.1 Å². The molecule has 0 fully saturated rings. The first-order valence-electron chi connectivity index (χ1n) is 12.9. The lowest BCUT2D eigenvalue weighted by molar-refractivity contribution is 0.668. The maximum Gasteiger partial charge on any atom is 0.137 e. The summed E-state index contributed by atoms with van der Waals surface area (Å²) in [6.45, 7) is 0. The molecule has 2 nitrogen and oxygen atoms in total. The standard InChI is InChI=1S/C36H23NO/c1-3-9-24(10-4-1)26-15-19-33-31(21-26)32-22-27(25-11-5-2-6-12-25)16-20-34(32)37(33)28-17-18-30-29-13-7-8-14-35(29)38-36(30)23-28/h1-23H. The number of rotatable bonds is 3. The van der Waals surface area contributed by atoms with Crippen LogP contribution in [0.5, 0.6) is 0 Å². The molecule has 0 aliphatic rings. The fourth-order valence-electron chi connectivity index (χ4n) is 5.78. The van der Waals surface area contributed by atoms with Gasteiger partial charge in [0.05, 0.1) is 11.0 Å². The molecule has 0 radical (unpaired) electrons. The van der Waals surface area contributed by atoms with Gasteiger partial charge in [-0.3, -0.25) is 0 Å². The molecule has 2 heteroatoms. The number of hydrogen-bond donors (Lipinski definition) is 0. The highest BCUT2D eigenvalue weighted by molar-refractivity contribution is 6.12. The van der Waals surface area contributed by atoms with Crippen molar-refractivity contribution in [3.8, 4) is 27.9 Å². The Labute approximate surface area is 220 Å². The van der Waals surface area contributed by atoms with Gasteiger partial charge in [0.15, 0.2) is 0 Å². The summed E-state index contributed by atoms with van der Waals surface area (Å²) in [5, 5.41) is 4.77. The summed E-state index contributed by atoms with van der Waals surface area (Å²) in [6.07, 6.45) is 0. The number of para-hydroxylation sites is 1. The van der Waals surface area contributed by atoms with Crippen LogP contribution in [0.2, 0.25) is 0 Å². The van der Waals surface area contributed by atoms with Crippen LogP contribution in [0.15, 0.2) is 144 Å². The summed E-state index contributed by atoms with van der Waals surface area (Å²) in [5.41, 5.74) is 10.2. The molecule has 0 unspecified atom stereocenters. The second-order valence-corrected chi connectivity index (χ2v) is 9.81. The van der Waals surface area contributed by atoms with Crippen molar-refractivity contribution in [1.29, 1.82) is 0 Å². The number of furan rings is 1. The van der Waals surface area contributed by atoms with E-state index in [1.807, 2.05) is 12.1 Å². The zero-order valence-corrected chi connectivity index (χ0v) is 20.6. The van der Waals surface area contributed by atoms with Crippen molar-refractivity contribution in [2.45, 2.75) is 0 Å². The molecule has 0 spiro atoms. The Morgan fingerprint density at radius 1 is 0.368 bits per heavy atom. The summed E-state index contributed by atoms with van der Waals surface area (Å²) >= 11 is 0. The quantitative estimate of drug-likeness (QED) is 0.243. The number of aromatic nitrogens is 1. The van der Waals surface area contributed by atoms with Crippen LogP contribution in [-0.4, -0.2) is 4.57 Å². The minimum absolute atomic E-state index is 0.903. The first kappa shape index (κ1) is 21.0. The Hall–Kier alpha value is -5.08. The predicted octanol–water partition coefficient (Wildman–Crippen LogP) is 10.0. The van der Waals surface area contributed by atoms with Crippen molar-refractivity contribution in [1.82, 2.24) is 4.57 Å². The minimum atomic E-state index is 0.903. The molecule has 178 valence electrons. The summed E-state index contributed by atoms with van der Waals surface area (Å²) in [7, 11) is 0. The second-order valence-electron chi connectivity index (χ2n) is 9.81. The van der Waals surface area contributed by atoms with Crippen LogP contribution in [0.1, 0.15) is 0 Å². The lowest BCUT2D eigenvalue weighted by Gasteiger charge is -2.09. The van der Waals surface area contributed by atoms with Crippen LogP contribution in [0.25, 0.3) is 71.7 Å². The highest BCUT2D eigenvalue weighted by Crippen LogP contribution is 2.38. The van der Waals surface area contributed by atoms with E-state index >= 15 is 0 Å². The van der Waals surface area contributed by atoms with E-state index in [4.69, 9.17) is 4.42 Å². The fourth-order valence-corrected chi connectivity index (χ4v) is 5.78. The van der Waals surface area contributed by atoms with E-state index in [1.54, 1.807) is 0 Å². The van der Waals surface area contributed by atoms with Gasteiger partial charge in [-0.25, -0.2) is 0 Å². The van der Waals surface area contributed by atoms with Crippen molar-refractivity contribution in [3.05, 3.63) is 140 Å². The smallest absolute Gasteiger partial charge is 0.137 e.